The second-order valence-corrected chi connectivity index (χ2v) is 4.38. The van der Waals surface area contributed by atoms with E-state index in [1.807, 2.05) is 0 Å². The fourth-order valence-electron chi connectivity index (χ4n) is 1.77. The summed E-state index contributed by atoms with van der Waals surface area (Å²) in [5, 5.41) is 3.58. The SMILES string of the molecule is CC1(C)CCCC1NC(N)=S. The van der Waals surface area contributed by atoms with Crippen LogP contribution in [0.15, 0.2) is 0 Å². The third-order valence-corrected chi connectivity index (χ3v) is 2.69. The predicted molar refractivity (Wildman–Crippen MR) is 51.3 cm³/mol. The summed E-state index contributed by atoms with van der Waals surface area (Å²) in [5.41, 5.74) is 5.78. The van der Waals surface area contributed by atoms with Crippen LogP contribution in [0, 0.1) is 5.41 Å². The molecule has 3 N–H and O–H groups in total. The van der Waals surface area contributed by atoms with Gasteiger partial charge >= 0.3 is 0 Å². The van der Waals surface area contributed by atoms with Crippen molar-refractivity contribution in [2.24, 2.45) is 11.1 Å². The van der Waals surface area contributed by atoms with Gasteiger partial charge in [0.25, 0.3) is 0 Å². The van der Waals surface area contributed by atoms with E-state index in [-0.39, 0.29) is 0 Å². The molecule has 3 heteroatoms. The van der Waals surface area contributed by atoms with Gasteiger partial charge in [0.05, 0.1) is 0 Å². The van der Waals surface area contributed by atoms with Crippen LogP contribution in [0.5, 0.6) is 0 Å². The molecule has 1 saturated carbocycles. The van der Waals surface area contributed by atoms with Gasteiger partial charge in [-0.1, -0.05) is 20.3 Å². The van der Waals surface area contributed by atoms with Crippen molar-refractivity contribution in [3.8, 4) is 0 Å². The van der Waals surface area contributed by atoms with Gasteiger partial charge in [0.1, 0.15) is 0 Å². The van der Waals surface area contributed by atoms with Crippen molar-refractivity contribution in [2.45, 2.75) is 39.2 Å². The largest absolute Gasteiger partial charge is 0.376 e. The van der Waals surface area contributed by atoms with Crippen molar-refractivity contribution < 1.29 is 0 Å². The first-order valence-electron chi connectivity index (χ1n) is 4.08. The van der Waals surface area contributed by atoms with E-state index in [0.717, 1.165) is 0 Å². The third kappa shape index (κ3) is 2.06. The molecule has 0 aromatic heterocycles. The van der Waals surface area contributed by atoms with E-state index in [2.05, 4.69) is 19.2 Å². The third-order valence-electron chi connectivity index (χ3n) is 2.57. The van der Waals surface area contributed by atoms with Crippen LogP contribution in [0.25, 0.3) is 0 Å². The number of nitrogens with one attached hydrogen (secondary N) is 1. The second kappa shape index (κ2) is 2.97. The standard InChI is InChI=1S/C8H16N2S/c1-8(2)5-3-4-6(8)10-7(9)11/h6H,3-5H2,1-2H3,(H3,9,10,11). The molecule has 1 unspecified atom stereocenters. The molecule has 0 aromatic rings. The number of nitrogens with two attached hydrogens (primary N) is 1. The van der Waals surface area contributed by atoms with E-state index in [4.69, 9.17) is 18.0 Å². The van der Waals surface area contributed by atoms with Gasteiger partial charge in [-0.05, 0) is 30.5 Å². The molecule has 1 atom stereocenters. The molecule has 0 saturated heterocycles. The molecule has 1 rings (SSSR count). The number of hydrogen-bond acceptors (Lipinski definition) is 1. The first kappa shape index (κ1) is 8.78. The monoisotopic (exact) mass is 172 g/mol. The lowest BCUT2D eigenvalue weighted by Gasteiger charge is -2.27. The first-order chi connectivity index (χ1) is 5.02. The van der Waals surface area contributed by atoms with Crippen LogP contribution < -0.4 is 11.1 Å². The summed E-state index contributed by atoms with van der Waals surface area (Å²) in [7, 11) is 0. The Morgan fingerprint density at radius 1 is 1.64 bits per heavy atom. The Balaban J connectivity index is 2.51. The number of rotatable bonds is 1. The Hall–Kier alpha value is -0.310. The predicted octanol–water partition coefficient (Wildman–Crippen LogP) is 1.40. The summed E-state index contributed by atoms with van der Waals surface area (Å²) in [4.78, 5) is 0. The van der Waals surface area contributed by atoms with Crippen molar-refractivity contribution >= 4 is 17.3 Å². The summed E-state index contributed by atoms with van der Waals surface area (Å²) < 4.78 is 0. The molecule has 64 valence electrons. The minimum Gasteiger partial charge on any atom is -0.376 e. The van der Waals surface area contributed by atoms with Gasteiger partial charge < -0.3 is 11.1 Å². The molecule has 1 aliphatic carbocycles. The molecular weight excluding hydrogens is 156 g/mol. The molecule has 2 nitrogen and oxygen atoms in total. The lowest BCUT2D eigenvalue weighted by Crippen LogP contribution is -2.43. The topological polar surface area (TPSA) is 38.0 Å². The molecule has 1 aliphatic rings. The van der Waals surface area contributed by atoms with Gasteiger partial charge in [-0.25, -0.2) is 0 Å². The van der Waals surface area contributed by atoms with Crippen molar-refractivity contribution in [3.63, 3.8) is 0 Å². The molecule has 0 amide bonds. The minimum atomic E-state index is 0.365. The highest BCUT2D eigenvalue weighted by Crippen LogP contribution is 2.36. The molecular formula is C8H16N2S. The van der Waals surface area contributed by atoms with E-state index >= 15 is 0 Å². The van der Waals surface area contributed by atoms with Crippen LogP contribution >= 0.6 is 12.2 Å². The minimum absolute atomic E-state index is 0.365. The summed E-state index contributed by atoms with van der Waals surface area (Å²) in [6.07, 6.45) is 3.75. The summed E-state index contributed by atoms with van der Waals surface area (Å²) >= 11 is 4.80. The molecule has 11 heavy (non-hydrogen) atoms. The average Bonchev–Trinajstić information content (AvgIpc) is 2.10. The molecule has 0 heterocycles. The summed E-state index contributed by atoms with van der Waals surface area (Å²) in [5.74, 6) is 0. The van der Waals surface area contributed by atoms with E-state index in [1.54, 1.807) is 0 Å². The number of thiocarbonyl (C=S) groups is 1. The maximum Gasteiger partial charge on any atom is 0.163 e. The van der Waals surface area contributed by atoms with E-state index in [0.29, 0.717) is 16.6 Å². The molecule has 0 spiro atoms. The molecule has 0 aromatic carbocycles. The van der Waals surface area contributed by atoms with Crippen LogP contribution in [0.3, 0.4) is 0 Å². The summed E-state index contributed by atoms with van der Waals surface area (Å²) in [6.45, 7) is 4.52. The Morgan fingerprint density at radius 3 is 2.64 bits per heavy atom. The normalized spacial score (nSPS) is 28.4. The highest BCUT2D eigenvalue weighted by Gasteiger charge is 2.34. The van der Waals surface area contributed by atoms with Crippen LogP contribution in [-0.2, 0) is 0 Å². The fraction of sp³-hybridized carbons (Fsp3) is 0.875. The maximum atomic E-state index is 5.41. The van der Waals surface area contributed by atoms with Gasteiger partial charge in [0.15, 0.2) is 5.11 Å². The zero-order chi connectivity index (χ0) is 8.48. The Morgan fingerprint density at radius 2 is 2.27 bits per heavy atom. The van der Waals surface area contributed by atoms with Gasteiger partial charge in [0.2, 0.25) is 0 Å². The Labute approximate surface area is 73.5 Å². The van der Waals surface area contributed by atoms with Gasteiger partial charge in [-0.15, -0.1) is 0 Å². The molecule has 1 fully saturated rings. The van der Waals surface area contributed by atoms with Crippen LogP contribution in [0.1, 0.15) is 33.1 Å². The van der Waals surface area contributed by atoms with Crippen LogP contribution in [0.2, 0.25) is 0 Å². The second-order valence-electron chi connectivity index (χ2n) is 3.94. The quantitative estimate of drug-likeness (QED) is 0.587. The highest BCUT2D eigenvalue weighted by atomic mass is 32.1. The zero-order valence-corrected chi connectivity index (χ0v) is 8.00. The van der Waals surface area contributed by atoms with Gasteiger partial charge in [-0.2, -0.15) is 0 Å². The Bertz CT molecular complexity index is 165. The molecule has 0 bridgehead atoms. The van der Waals surface area contributed by atoms with E-state index in [1.165, 1.54) is 19.3 Å². The maximum absolute atomic E-state index is 5.41. The summed E-state index contributed by atoms with van der Waals surface area (Å²) in [6, 6.07) is 0.486. The van der Waals surface area contributed by atoms with Crippen molar-refractivity contribution in [3.05, 3.63) is 0 Å². The van der Waals surface area contributed by atoms with E-state index < -0.39 is 0 Å². The van der Waals surface area contributed by atoms with Crippen molar-refractivity contribution in [1.29, 1.82) is 0 Å². The number of hydrogen-bond donors (Lipinski definition) is 2. The van der Waals surface area contributed by atoms with Crippen molar-refractivity contribution in [2.75, 3.05) is 0 Å². The zero-order valence-electron chi connectivity index (χ0n) is 7.18. The highest BCUT2D eigenvalue weighted by molar-refractivity contribution is 7.80. The van der Waals surface area contributed by atoms with Crippen molar-refractivity contribution in [1.82, 2.24) is 5.32 Å². The van der Waals surface area contributed by atoms with Crippen LogP contribution in [0.4, 0.5) is 0 Å². The lowest BCUT2D eigenvalue weighted by atomic mass is 9.87. The van der Waals surface area contributed by atoms with Gasteiger partial charge in [0, 0.05) is 6.04 Å². The van der Waals surface area contributed by atoms with Gasteiger partial charge in [-0.3, -0.25) is 0 Å². The van der Waals surface area contributed by atoms with E-state index in [9.17, 15) is 0 Å². The lowest BCUT2D eigenvalue weighted by molar-refractivity contribution is 0.312. The average molecular weight is 172 g/mol. The Kier molecular flexibility index (Phi) is 2.37. The molecule has 0 radical (unpaired) electrons. The first-order valence-corrected chi connectivity index (χ1v) is 4.49. The fourth-order valence-corrected chi connectivity index (χ4v) is 1.91. The smallest absolute Gasteiger partial charge is 0.163 e. The molecule has 0 aliphatic heterocycles. The van der Waals surface area contributed by atoms with Crippen LogP contribution in [-0.4, -0.2) is 11.2 Å².